The number of aromatic nitrogens is 3. The fraction of sp³-hybridized carbons (Fsp3) is 0.308. The Morgan fingerprint density at radius 1 is 1.55 bits per heavy atom. The number of rotatable bonds is 5. The van der Waals surface area contributed by atoms with Gasteiger partial charge in [-0.1, -0.05) is 33.8 Å². The molecule has 1 N–H and O–H groups in total. The maximum atomic E-state index is 12.1. The molecule has 1 heterocycles. The van der Waals surface area contributed by atoms with Crippen LogP contribution in [0.1, 0.15) is 13.8 Å². The van der Waals surface area contributed by atoms with Crippen LogP contribution < -0.4 is 5.32 Å². The topological polar surface area (TPSA) is 59.8 Å². The number of anilines is 1. The van der Waals surface area contributed by atoms with Gasteiger partial charge in [-0.05, 0) is 32.0 Å². The summed E-state index contributed by atoms with van der Waals surface area (Å²) in [6.45, 7) is 4.65. The number of thioether (sulfide) groups is 1. The summed E-state index contributed by atoms with van der Waals surface area (Å²) in [5, 5.41) is 11.3. The second-order valence-electron chi connectivity index (χ2n) is 4.16. The molecule has 0 saturated carbocycles. The Morgan fingerprint density at radius 3 is 3.05 bits per heavy atom. The lowest BCUT2D eigenvalue weighted by Gasteiger charge is -2.12. The number of aryl methyl sites for hydroxylation is 1. The average Bonchev–Trinajstić information content (AvgIpc) is 2.85. The lowest BCUT2D eigenvalue weighted by molar-refractivity contribution is -0.115. The molecule has 0 bridgehead atoms. The van der Waals surface area contributed by atoms with Crippen molar-refractivity contribution in [2.45, 2.75) is 30.8 Å². The molecule has 0 saturated heterocycles. The standard InChI is InChI=1S/C13H15BrN4OS/c1-3-18-8-15-17-13(18)20-9(2)12(19)16-11-6-4-5-10(14)7-11/h4-9H,3H2,1-2H3,(H,16,19). The molecule has 0 spiro atoms. The maximum absolute atomic E-state index is 12.1. The molecule has 1 amide bonds. The van der Waals surface area contributed by atoms with Crippen LogP contribution in [0.2, 0.25) is 0 Å². The SMILES string of the molecule is CCn1cnnc1SC(C)C(=O)Nc1cccc(Br)c1. The van der Waals surface area contributed by atoms with Crippen LogP contribution in [0.15, 0.2) is 40.2 Å². The van der Waals surface area contributed by atoms with E-state index in [-0.39, 0.29) is 11.2 Å². The second-order valence-corrected chi connectivity index (χ2v) is 6.38. The zero-order valence-corrected chi connectivity index (χ0v) is 13.6. The molecule has 0 fully saturated rings. The summed E-state index contributed by atoms with van der Waals surface area (Å²) in [4.78, 5) is 12.1. The normalized spacial score (nSPS) is 12.2. The van der Waals surface area contributed by atoms with Crippen LogP contribution >= 0.6 is 27.7 Å². The van der Waals surface area contributed by atoms with E-state index in [0.717, 1.165) is 21.9 Å². The highest BCUT2D eigenvalue weighted by atomic mass is 79.9. The molecule has 1 aromatic carbocycles. The van der Waals surface area contributed by atoms with Gasteiger partial charge in [-0.25, -0.2) is 0 Å². The number of hydrogen-bond acceptors (Lipinski definition) is 4. The first-order valence-electron chi connectivity index (χ1n) is 6.21. The molecule has 7 heteroatoms. The molecule has 0 aliphatic carbocycles. The first-order chi connectivity index (χ1) is 9.60. The molecule has 106 valence electrons. The van der Waals surface area contributed by atoms with Gasteiger partial charge in [0.1, 0.15) is 6.33 Å². The van der Waals surface area contributed by atoms with E-state index in [0.29, 0.717) is 0 Å². The number of nitrogens with zero attached hydrogens (tertiary/aromatic N) is 3. The molecular formula is C13H15BrN4OS. The molecule has 0 aliphatic rings. The van der Waals surface area contributed by atoms with Crippen molar-refractivity contribution < 1.29 is 4.79 Å². The number of amides is 1. The molecule has 2 aromatic rings. The van der Waals surface area contributed by atoms with Crippen LogP contribution in [0.25, 0.3) is 0 Å². The van der Waals surface area contributed by atoms with Crippen LogP contribution in [0.5, 0.6) is 0 Å². The van der Waals surface area contributed by atoms with Gasteiger partial charge in [0.2, 0.25) is 5.91 Å². The summed E-state index contributed by atoms with van der Waals surface area (Å²) < 4.78 is 2.84. The summed E-state index contributed by atoms with van der Waals surface area (Å²) in [6, 6.07) is 7.52. The van der Waals surface area contributed by atoms with Gasteiger partial charge in [0.15, 0.2) is 5.16 Å². The Labute approximate surface area is 130 Å². The Kier molecular flexibility index (Phi) is 5.19. The number of hydrogen-bond donors (Lipinski definition) is 1. The van der Waals surface area contributed by atoms with E-state index in [4.69, 9.17) is 0 Å². The molecule has 5 nitrogen and oxygen atoms in total. The molecular weight excluding hydrogens is 340 g/mol. The Balaban J connectivity index is 1.99. The quantitative estimate of drug-likeness (QED) is 0.837. The summed E-state index contributed by atoms with van der Waals surface area (Å²) in [5.74, 6) is -0.0567. The van der Waals surface area contributed by atoms with Crippen LogP contribution in [0, 0.1) is 0 Å². The Bertz CT molecular complexity index is 602. The first kappa shape index (κ1) is 15.1. The van der Waals surface area contributed by atoms with E-state index in [1.807, 2.05) is 42.7 Å². The zero-order chi connectivity index (χ0) is 14.5. The van der Waals surface area contributed by atoms with Gasteiger partial charge in [-0.15, -0.1) is 10.2 Å². The van der Waals surface area contributed by atoms with Gasteiger partial charge in [0.25, 0.3) is 0 Å². The Morgan fingerprint density at radius 2 is 2.35 bits per heavy atom. The van der Waals surface area contributed by atoms with Gasteiger partial charge in [0, 0.05) is 16.7 Å². The average molecular weight is 355 g/mol. The van der Waals surface area contributed by atoms with E-state index in [9.17, 15) is 4.79 Å². The van der Waals surface area contributed by atoms with Crippen molar-refractivity contribution >= 4 is 39.3 Å². The third-order valence-electron chi connectivity index (χ3n) is 2.66. The summed E-state index contributed by atoms with van der Waals surface area (Å²) in [6.07, 6.45) is 1.67. The Hall–Kier alpha value is -1.34. The van der Waals surface area contributed by atoms with Gasteiger partial charge in [0.05, 0.1) is 5.25 Å². The minimum atomic E-state index is -0.247. The smallest absolute Gasteiger partial charge is 0.237 e. The fourth-order valence-corrected chi connectivity index (χ4v) is 2.86. The van der Waals surface area contributed by atoms with Crippen LogP contribution in [0.3, 0.4) is 0 Å². The number of carbonyl (C=O) groups excluding carboxylic acids is 1. The lowest BCUT2D eigenvalue weighted by Crippen LogP contribution is -2.22. The lowest BCUT2D eigenvalue weighted by atomic mass is 10.3. The molecule has 1 unspecified atom stereocenters. The van der Waals surface area contributed by atoms with Crippen molar-refractivity contribution in [3.05, 3.63) is 35.1 Å². The van der Waals surface area contributed by atoms with E-state index in [2.05, 4.69) is 31.4 Å². The van der Waals surface area contributed by atoms with Gasteiger partial charge in [-0.2, -0.15) is 0 Å². The first-order valence-corrected chi connectivity index (χ1v) is 7.88. The predicted molar refractivity (Wildman–Crippen MR) is 83.8 cm³/mol. The minimum Gasteiger partial charge on any atom is -0.325 e. The zero-order valence-electron chi connectivity index (χ0n) is 11.2. The number of nitrogens with one attached hydrogen (secondary N) is 1. The second kappa shape index (κ2) is 6.90. The van der Waals surface area contributed by atoms with Crippen molar-refractivity contribution in [3.63, 3.8) is 0 Å². The van der Waals surface area contributed by atoms with E-state index < -0.39 is 0 Å². The van der Waals surface area contributed by atoms with Crippen molar-refractivity contribution in [1.82, 2.24) is 14.8 Å². The molecule has 1 atom stereocenters. The fourth-order valence-electron chi connectivity index (χ4n) is 1.57. The van der Waals surface area contributed by atoms with Crippen molar-refractivity contribution in [2.75, 3.05) is 5.32 Å². The minimum absolute atomic E-state index is 0.0567. The molecule has 0 radical (unpaired) electrons. The van der Waals surface area contributed by atoms with Gasteiger partial charge in [-0.3, -0.25) is 4.79 Å². The monoisotopic (exact) mass is 354 g/mol. The third kappa shape index (κ3) is 3.83. The van der Waals surface area contributed by atoms with E-state index in [1.54, 1.807) is 6.33 Å². The van der Waals surface area contributed by atoms with Crippen molar-refractivity contribution in [3.8, 4) is 0 Å². The summed E-state index contributed by atoms with van der Waals surface area (Å²) in [7, 11) is 0. The maximum Gasteiger partial charge on any atom is 0.237 e. The largest absolute Gasteiger partial charge is 0.325 e. The van der Waals surface area contributed by atoms with Gasteiger partial charge >= 0.3 is 0 Å². The van der Waals surface area contributed by atoms with E-state index >= 15 is 0 Å². The summed E-state index contributed by atoms with van der Waals surface area (Å²) in [5.41, 5.74) is 0.772. The highest BCUT2D eigenvalue weighted by Crippen LogP contribution is 2.22. The third-order valence-corrected chi connectivity index (χ3v) is 4.25. The number of carbonyl (C=O) groups is 1. The molecule has 1 aromatic heterocycles. The van der Waals surface area contributed by atoms with Gasteiger partial charge < -0.3 is 9.88 Å². The van der Waals surface area contributed by atoms with Crippen LogP contribution in [-0.2, 0) is 11.3 Å². The van der Waals surface area contributed by atoms with Crippen molar-refractivity contribution in [2.24, 2.45) is 0 Å². The molecule has 2 rings (SSSR count). The van der Waals surface area contributed by atoms with Crippen LogP contribution in [0.4, 0.5) is 5.69 Å². The highest BCUT2D eigenvalue weighted by Gasteiger charge is 2.17. The van der Waals surface area contributed by atoms with Crippen LogP contribution in [-0.4, -0.2) is 25.9 Å². The molecule has 0 aliphatic heterocycles. The van der Waals surface area contributed by atoms with Crippen molar-refractivity contribution in [1.29, 1.82) is 0 Å². The van der Waals surface area contributed by atoms with E-state index in [1.165, 1.54) is 11.8 Å². The molecule has 20 heavy (non-hydrogen) atoms. The summed E-state index contributed by atoms with van der Waals surface area (Å²) >= 11 is 4.78. The number of benzene rings is 1. The highest BCUT2D eigenvalue weighted by molar-refractivity contribution is 9.10. The predicted octanol–water partition coefficient (Wildman–Crippen LogP) is 3.18. The number of halogens is 1.